The fourth-order valence-electron chi connectivity index (χ4n) is 4.76. The molecular weight excluding hydrogens is 426 g/mol. The summed E-state index contributed by atoms with van der Waals surface area (Å²) >= 11 is 6.42. The molecule has 3 heterocycles. The summed E-state index contributed by atoms with van der Waals surface area (Å²) in [6.07, 6.45) is 7.82. The molecule has 7 heteroatoms. The lowest BCUT2D eigenvalue weighted by Crippen LogP contribution is -2.28. The van der Waals surface area contributed by atoms with E-state index in [4.69, 9.17) is 26.2 Å². The Balaban J connectivity index is 1.67. The second-order valence-electron chi connectivity index (χ2n) is 9.96. The maximum absolute atomic E-state index is 11.7. The van der Waals surface area contributed by atoms with E-state index in [9.17, 15) is 4.79 Å². The first-order valence-corrected chi connectivity index (χ1v) is 12.0. The summed E-state index contributed by atoms with van der Waals surface area (Å²) in [5.74, 6) is 0.839. The van der Waals surface area contributed by atoms with Gasteiger partial charge in [-0.05, 0) is 62.1 Å². The molecule has 2 fully saturated rings. The second-order valence-corrected chi connectivity index (χ2v) is 10.4. The minimum absolute atomic E-state index is 0.00756. The quantitative estimate of drug-likeness (QED) is 0.519. The van der Waals surface area contributed by atoms with E-state index in [1.807, 2.05) is 34.8 Å². The van der Waals surface area contributed by atoms with Gasteiger partial charge in [-0.1, -0.05) is 32.4 Å². The molecule has 6 nitrogen and oxygen atoms in total. The first-order chi connectivity index (χ1) is 15.3. The van der Waals surface area contributed by atoms with Crippen molar-refractivity contribution in [1.29, 1.82) is 0 Å². The highest BCUT2D eigenvalue weighted by atomic mass is 35.5. The highest BCUT2D eigenvalue weighted by Gasteiger charge is 2.33. The molecule has 1 aromatic carbocycles. The van der Waals surface area contributed by atoms with Gasteiger partial charge in [0.05, 0.1) is 17.9 Å². The highest BCUT2D eigenvalue weighted by Crippen LogP contribution is 2.38. The van der Waals surface area contributed by atoms with Crippen LogP contribution in [0.3, 0.4) is 0 Å². The van der Waals surface area contributed by atoms with E-state index < -0.39 is 0 Å². The lowest BCUT2D eigenvalue weighted by Gasteiger charge is -2.29. The Bertz CT molecular complexity index is 960. The number of benzene rings is 1. The van der Waals surface area contributed by atoms with Crippen LogP contribution in [0.5, 0.6) is 5.75 Å². The molecule has 4 rings (SSSR count). The number of aryl methyl sites for hydroxylation is 1. The van der Waals surface area contributed by atoms with Crippen LogP contribution in [-0.4, -0.2) is 34.2 Å². The smallest absolute Gasteiger partial charge is 0.210 e. The Morgan fingerprint density at radius 2 is 2.06 bits per heavy atom. The number of likely N-dealkylation sites (tertiary alicyclic amines) is 1. The predicted molar refractivity (Wildman–Crippen MR) is 125 cm³/mol. The van der Waals surface area contributed by atoms with Crippen LogP contribution in [0.2, 0.25) is 5.02 Å². The molecule has 0 spiro atoms. The summed E-state index contributed by atoms with van der Waals surface area (Å²) in [6.45, 7) is 10.4. The Morgan fingerprint density at radius 3 is 2.75 bits per heavy atom. The third-order valence-electron chi connectivity index (χ3n) is 6.54. The van der Waals surface area contributed by atoms with Crippen molar-refractivity contribution in [2.24, 2.45) is 0 Å². The van der Waals surface area contributed by atoms with Gasteiger partial charge in [-0.3, -0.25) is 4.79 Å². The first-order valence-electron chi connectivity index (χ1n) is 11.6. The van der Waals surface area contributed by atoms with Crippen molar-refractivity contribution in [3.05, 3.63) is 45.7 Å². The molecule has 0 N–H and O–H groups in total. The molecular formula is C25H34ClN3O3. The third-order valence-corrected chi connectivity index (χ3v) is 6.95. The number of rotatable bonds is 6. The average molecular weight is 460 g/mol. The summed E-state index contributed by atoms with van der Waals surface area (Å²) in [5.41, 5.74) is 4.02. The summed E-state index contributed by atoms with van der Waals surface area (Å²) in [7, 11) is 0. The number of aromatic nitrogens is 2. The highest BCUT2D eigenvalue weighted by molar-refractivity contribution is 6.31. The zero-order valence-corrected chi connectivity index (χ0v) is 20.3. The fraction of sp³-hybridized carbons (Fsp3) is 0.600. The van der Waals surface area contributed by atoms with Gasteiger partial charge in [0.1, 0.15) is 12.4 Å². The van der Waals surface area contributed by atoms with Crippen LogP contribution in [0.15, 0.2) is 18.3 Å². The van der Waals surface area contributed by atoms with E-state index in [0.29, 0.717) is 6.61 Å². The van der Waals surface area contributed by atoms with Crippen molar-refractivity contribution < 1.29 is 14.3 Å². The summed E-state index contributed by atoms with van der Waals surface area (Å²) in [5, 5.41) is 5.46. The van der Waals surface area contributed by atoms with Crippen molar-refractivity contribution in [2.75, 3.05) is 13.2 Å². The molecule has 1 amide bonds. The molecule has 0 bridgehead atoms. The molecule has 1 aromatic heterocycles. The molecule has 2 aromatic rings. The number of carbonyl (C=O) groups is 1. The van der Waals surface area contributed by atoms with Crippen molar-refractivity contribution >= 4 is 18.0 Å². The van der Waals surface area contributed by atoms with Crippen molar-refractivity contribution in [3.63, 3.8) is 0 Å². The zero-order chi connectivity index (χ0) is 22.9. The SMILES string of the molecule is Cc1cc(OCc2cnn(C3CCCCO3)c2C2CCCN2C=O)c(C(C)(C)C)cc1Cl. The van der Waals surface area contributed by atoms with Gasteiger partial charge in [-0.25, -0.2) is 4.68 Å². The Kier molecular flexibility index (Phi) is 6.82. The van der Waals surface area contributed by atoms with Gasteiger partial charge in [0, 0.05) is 29.3 Å². The van der Waals surface area contributed by atoms with Crippen LogP contribution in [0.1, 0.15) is 87.5 Å². The largest absolute Gasteiger partial charge is 0.488 e. The van der Waals surface area contributed by atoms with Crippen molar-refractivity contribution in [3.8, 4) is 5.75 Å². The van der Waals surface area contributed by atoms with Gasteiger partial charge in [-0.2, -0.15) is 5.10 Å². The summed E-state index contributed by atoms with van der Waals surface area (Å²) in [6, 6.07) is 4.04. The molecule has 0 aliphatic carbocycles. The number of amides is 1. The molecule has 2 atom stereocenters. The van der Waals surface area contributed by atoms with Crippen LogP contribution in [0.25, 0.3) is 0 Å². The van der Waals surface area contributed by atoms with Crippen molar-refractivity contribution in [1.82, 2.24) is 14.7 Å². The Labute approximate surface area is 195 Å². The normalized spacial score (nSPS) is 21.7. The standard InChI is InChI=1S/C25H34ClN3O3/c1-17-12-22(19(13-20(17)26)25(2,3)4)32-15-18-14-27-29(23-9-5-6-11-31-23)24(18)21-8-7-10-28(21)16-30/h12-14,16,21,23H,5-11,15H2,1-4H3. The zero-order valence-electron chi connectivity index (χ0n) is 19.6. The van der Waals surface area contributed by atoms with Crippen LogP contribution in [0, 0.1) is 6.92 Å². The minimum Gasteiger partial charge on any atom is -0.488 e. The molecule has 32 heavy (non-hydrogen) atoms. The van der Waals surface area contributed by atoms with Crippen molar-refractivity contribution in [2.45, 2.75) is 84.1 Å². The van der Waals surface area contributed by atoms with Gasteiger partial charge < -0.3 is 14.4 Å². The molecule has 2 aliphatic heterocycles. The topological polar surface area (TPSA) is 56.6 Å². The lowest BCUT2D eigenvalue weighted by molar-refractivity contribution is -0.119. The monoisotopic (exact) mass is 459 g/mol. The van der Waals surface area contributed by atoms with Gasteiger partial charge in [-0.15, -0.1) is 0 Å². The molecule has 2 saturated heterocycles. The molecule has 174 valence electrons. The van der Waals surface area contributed by atoms with Gasteiger partial charge in [0.2, 0.25) is 6.41 Å². The van der Waals surface area contributed by atoms with Gasteiger partial charge in [0.25, 0.3) is 0 Å². The van der Waals surface area contributed by atoms with Crippen LogP contribution >= 0.6 is 11.6 Å². The van der Waals surface area contributed by atoms with Gasteiger partial charge >= 0.3 is 0 Å². The fourth-order valence-corrected chi connectivity index (χ4v) is 4.92. The van der Waals surface area contributed by atoms with E-state index in [2.05, 4.69) is 20.8 Å². The number of carbonyl (C=O) groups excluding carboxylic acids is 1. The minimum atomic E-state index is -0.102. The number of hydrogen-bond donors (Lipinski definition) is 0. The van der Waals surface area contributed by atoms with E-state index in [-0.39, 0.29) is 17.7 Å². The molecule has 0 radical (unpaired) electrons. The maximum atomic E-state index is 11.7. The number of ether oxygens (including phenoxy) is 2. The number of hydrogen-bond acceptors (Lipinski definition) is 4. The third kappa shape index (κ3) is 4.67. The maximum Gasteiger partial charge on any atom is 0.210 e. The molecule has 2 unspecified atom stereocenters. The molecule has 2 aliphatic rings. The summed E-state index contributed by atoms with van der Waals surface area (Å²) in [4.78, 5) is 13.6. The second kappa shape index (κ2) is 9.44. The van der Waals surface area contributed by atoms with Crippen LogP contribution in [0.4, 0.5) is 0 Å². The Morgan fingerprint density at radius 1 is 1.25 bits per heavy atom. The van der Waals surface area contributed by atoms with E-state index in [0.717, 1.165) is 84.8 Å². The first kappa shape index (κ1) is 23.1. The summed E-state index contributed by atoms with van der Waals surface area (Å²) < 4.78 is 14.4. The number of nitrogens with zero attached hydrogens (tertiary/aromatic N) is 3. The predicted octanol–water partition coefficient (Wildman–Crippen LogP) is 5.71. The molecule has 0 saturated carbocycles. The van der Waals surface area contributed by atoms with Gasteiger partial charge in [0.15, 0.2) is 6.23 Å². The lowest BCUT2D eigenvalue weighted by atomic mass is 9.86. The van der Waals surface area contributed by atoms with E-state index >= 15 is 0 Å². The average Bonchev–Trinajstić information content (AvgIpc) is 3.40. The van der Waals surface area contributed by atoms with E-state index in [1.165, 1.54) is 0 Å². The van der Waals surface area contributed by atoms with E-state index in [1.54, 1.807) is 0 Å². The number of halogens is 1. The van der Waals surface area contributed by atoms with Crippen LogP contribution in [-0.2, 0) is 21.6 Å². The Hall–Kier alpha value is -2.05. The van der Waals surface area contributed by atoms with Crippen LogP contribution < -0.4 is 4.74 Å².